The number of hydrogen-bond donors (Lipinski definition) is 4. The molecule has 0 saturated heterocycles. The molecule has 2 heterocycles. The largest absolute Gasteiger partial charge is 0.503 e. The molecule has 0 atom stereocenters. The first-order valence-corrected chi connectivity index (χ1v) is 9.73. The second kappa shape index (κ2) is 12.1. The van der Waals surface area contributed by atoms with Crippen LogP contribution < -0.4 is 21.5 Å². The van der Waals surface area contributed by atoms with Crippen LogP contribution in [-0.2, 0) is 31.2 Å². The third-order valence-electron chi connectivity index (χ3n) is 4.82. The number of nitrogens with one attached hydrogen (secondary N) is 2. The summed E-state index contributed by atoms with van der Waals surface area (Å²) in [5, 5.41) is 25.0. The normalized spacial score (nSPS) is 10.5. The van der Waals surface area contributed by atoms with Gasteiger partial charge in [-0.15, -0.1) is 0 Å². The van der Waals surface area contributed by atoms with Crippen molar-refractivity contribution in [2.24, 2.45) is 14.1 Å². The molecule has 0 aliphatic rings. The summed E-state index contributed by atoms with van der Waals surface area (Å²) in [7, 11) is 3.10. The zero-order valence-corrected chi connectivity index (χ0v) is 19.2. The molecule has 2 aromatic heterocycles. The first kappa shape index (κ1) is 27.0. The molecule has 176 valence electrons. The summed E-state index contributed by atoms with van der Waals surface area (Å²) in [4.78, 5) is 49.7. The van der Waals surface area contributed by atoms with Crippen molar-refractivity contribution in [2.45, 2.75) is 6.92 Å². The molecule has 11 nitrogen and oxygen atoms in total. The first-order chi connectivity index (χ1) is 14.7. The molecule has 0 saturated carbocycles. The molecule has 0 aliphatic carbocycles. The van der Waals surface area contributed by atoms with Crippen LogP contribution in [-0.4, -0.2) is 68.8 Å². The van der Waals surface area contributed by atoms with Crippen LogP contribution in [0.3, 0.4) is 0 Å². The molecule has 0 aliphatic heterocycles. The summed E-state index contributed by atoms with van der Waals surface area (Å²) in [5.74, 6) is -2.34. The van der Waals surface area contributed by atoms with Gasteiger partial charge >= 0.3 is 0 Å². The van der Waals surface area contributed by atoms with Crippen LogP contribution in [0.2, 0.25) is 0 Å². The van der Waals surface area contributed by atoms with Gasteiger partial charge in [0, 0.05) is 81.9 Å². The number of likely N-dealkylation sites (N-methyl/N-ethyl adjacent to an activating group) is 1. The topological polar surface area (TPSA) is 146 Å². The van der Waals surface area contributed by atoms with Gasteiger partial charge in [-0.25, -0.2) is 0 Å². The molecule has 0 spiro atoms. The van der Waals surface area contributed by atoms with Crippen molar-refractivity contribution in [3.8, 4) is 11.5 Å². The first-order valence-electron chi connectivity index (χ1n) is 9.73. The van der Waals surface area contributed by atoms with E-state index in [0.717, 1.165) is 0 Å². The van der Waals surface area contributed by atoms with Gasteiger partial charge in [0.2, 0.25) is 10.9 Å². The van der Waals surface area contributed by atoms with Gasteiger partial charge in [0.15, 0.2) is 22.9 Å². The summed E-state index contributed by atoms with van der Waals surface area (Å²) >= 11 is 0. The summed E-state index contributed by atoms with van der Waals surface area (Å²) in [6.45, 7) is 4.02. The molecule has 32 heavy (non-hydrogen) atoms. The molecule has 12 heteroatoms. The molecule has 2 amide bonds. The fourth-order valence-corrected chi connectivity index (χ4v) is 3.02. The average Bonchev–Trinajstić information content (AvgIpc) is 2.73. The summed E-state index contributed by atoms with van der Waals surface area (Å²) < 4.78 is 2.73. The molecule has 0 aromatic carbocycles. The van der Waals surface area contributed by atoms with E-state index < -0.39 is 34.2 Å². The van der Waals surface area contributed by atoms with Crippen molar-refractivity contribution in [1.29, 1.82) is 0 Å². The van der Waals surface area contributed by atoms with Crippen molar-refractivity contribution in [3.63, 3.8) is 0 Å². The van der Waals surface area contributed by atoms with E-state index in [4.69, 9.17) is 0 Å². The molecular weight excluding hydrogens is 462 g/mol. The molecule has 0 bridgehead atoms. The summed E-state index contributed by atoms with van der Waals surface area (Å²) in [5.41, 5.74) is -1.49. The van der Waals surface area contributed by atoms with Crippen LogP contribution in [0.15, 0.2) is 34.1 Å². The Hall–Kier alpha value is -3.08. The Balaban J connectivity index is 0.00000512. The molecule has 0 radical (unpaired) electrons. The number of carbonyl (C=O) groups is 2. The minimum atomic E-state index is -0.629. The Bertz CT molecular complexity index is 998. The summed E-state index contributed by atoms with van der Waals surface area (Å²) in [6, 6.07) is 2.35. The monoisotopic (exact) mass is 489 g/mol. The number of hydrogen-bond acceptors (Lipinski definition) is 7. The number of amides is 2. The fourth-order valence-electron chi connectivity index (χ4n) is 3.02. The van der Waals surface area contributed by atoms with Crippen LogP contribution in [0.4, 0.5) is 0 Å². The van der Waals surface area contributed by atoms with E-state index >= 15 is 0 Å². The van der Waals surface area contributed by atoms with Crippen LogP contribution >= 0.6 is 0 Å². The van der Waals surface area contributed by atoms with E-state index in [0.29, 0.717) is 19.6 Å². The number of aromatic hydroxyl groups is 2. The van der Waals surface area contributed by atoms with Crippen LogP contribution in [0.1, 0.15) is 27.9 Å². The maximum absolute atomic E-state index is 12.3. The van der Waals surface area contributed by atoms with Gasteiger partial charge in [0.25, 0.3) is 11.8 Å². The third-order valence-corrected chi connectivity index (χ3v) is 4.82. The van der Waals surface area contributed by atoms with Crippen LogP contribution in [0.5, 0.6) is 11.5 Å². The van der Waals surface area contributed by atoms with Crippen LogP contribution in [0.25, 0.3) is 0 Å². The van der Waals surface area contributed by atoms with Crippen molar-refractivity contribution >= 4 is 11.8 Å². The second-order valence-electron chi connectivity index (χ2n) is 6.92. The van der Waals surface area contributed by atoms with Crippen molar-refractivity contribution in [3.05, 3.63) is 56.4 Å². The summed E-state index contributed by atoms with van der Waals surface area (Å²) in [6.07, 6.45) is 2.80. The minimum Gasteiger partial charge on any atom is -0.503 e. The third kappa shape index (κ3) is 6.46. The van der Waals surface area contributed by atoms with Crippen molar-refractivity contribution < 1.29 is 36.9 Å². The van der Waals surface area contributed by atoms with E-state index in [-0.39, 0.29) is 41.5 Å². The van der Waals surface area contributed by atoms with E-state index in [1.807, 2.05) is 11.8 Å². The zero-order chi connectivity index (χ0) is 23.1. The van der Waals surface area contributed by atoms with Gasteiger partial charge < -0.3 is 34.9 Å². The van der Waals surface area contributed by atoms with Gasteiger partial charge in [-0.3, -0.25) is 19.2 Å². The second-order valence-corrected chi connectivity index (χ2v) is 6.92. The number of rotatable bonds is 9. The number of aromatic nitrogens is 2. The van der Waals surface area contributed by atoms with E-state index in [1.54, 1.807) is 14.1 Å². The number of carbonyl (C=O) groups excluding carboxylic acids is 2. The van der Waals surface area contributed by atoms with Gasteiger partial charge in [-0.05, 0) is 6.54 Å². The van der Waals surface area contributed by atoms with Gasteiger partial charge in [-0.2, -0.15) is 0 Å². The molecule has 0 fully saturated rings. The molecule has 2 rings (SSSR count). The van der Waals surface area contributed by atoms with Crippen molar-refractivity contribution in [1.82, 2.24) is 24.7 Å². The number of pyridine rings is 2. The molecule has 4 N–H and O–H groups in total. The van der Waals surface area contributed by atoms with E-state index in [9.17, 15) is 29.4 Å². The molecular formula is C20H27FeN5O6. The predicted octanol–water partition coefficient (Wildman–Crippen LogP) is -1.03. The Morgan fingerprint density at radius 2 is 1.25 bits per heavy atom. The Labute approximate surface area is 195 Å². The van der Waals surface area contributed by atoms with Gasteiger partial charge in [-0.1, -0.05) is 6.92 Å². The number of aryl methyl sites for hydroxylation is 2. The minimum absolute atomic E-state index is 0. The maximum atomic E-state index is 12.3. The van der Waals surface area contributed by atoms with Crippen LogP contribution in [0, 0.1) is 0 Å². The predicted molar refractivity (Wildman–Crippen MR) is 113 cm³/mol. The van der Waals surface area contributed by atoms with Gasteiger partial charge in [0.05, 0.1) is 0 Å². The molecule has 0 unspecified atom stereocenters. The zero-order valence-electron chi connectivity index (χ0n) is 18.1. The van der Waals surface area contributed by atoms with Gasteiger partial charge in [0.1, 0.15) is 0 Å². The quantitative estimate of drug-likeness (QED) is 0.330. The van der Waals surface area contributed by atoms with E-state index in [1.165, 1.54) is 33.7 Å². The standard InChI is InChI=1S/C20H27N5O6.Fe/c1-4-25(11-7-21-19(30)15-17(28)13(26)5-9-23(15)2)12-8-22-20(31)16-18(29)14(27)6-10-24(16)3;/h5-6,9-10,28-29H,4,7-8,11-12H2,1-3H3,(H,21,30)(H,22,31);. The van der Waals surface area contributed by atoms with E-state index in [2.05, 4.69) is 10.6 Å². The van der Waals surface area contributed by atoms with Crippen molar-refractivity contribution in [2.75, 3.05) is 32.7 Å². The number of nitrogens with zero attached hydrogens (tertiary/aromatic N) is 3. The Kier molecular flexibility index (Phi) is 10.2. The average molecular weight is 489 g/mol. The SMILES string of the molecule is CCN(CCNC(=O)c1c(O)c(=O)ccn1C)CCNC(=O)c1c(O)c(=O)ccn1C.[Fe]. The smallest absolute Gasteiger partial charge is 0.271 e. The Morgan fingerprint density at radius 3 is 1.59 bits per heavy atom. The molecule has 2 aromatic rings. The maximum Gasteiger partial charge on any atom is 0.271 e. The Morgan fingerprint density at radius 1 is 0.875 bits per heavy atom. The fraction of sp³-hybridized carbons (Fsp3) is 0.400.